The van der Waals surface area contributed by atoms with E-state index in [4.69, 9.17) is 9.26 Å². The Morgan fingerprint density at radius 3 is 2.62 bits per heavy atom. The Balaban J connectivity index is 1.75. The van der Waals surface area contributed by atoms with Crippen molar-refractivity contribution in [3.63, 3.8) is 0 Å². The van der Waals surface area contributed by atoms with Gasteiger partial charge in [-0.3, -0.25) is 0 Å². The summed E-state index contributed by atoms with van der Waals surface area (Å²) < 4.78 is 10.6. The number of nitrogens with zero attached hydrogens (tertiary/aromatic N) is 3. The van der Waals surface area contributed by atoms with Crippen LogP contribution in [0.15, 0.2) is 28.8 Å². The van der Waals surface area contributed by atoms with Gasteiger partial charge in [-0.1, -0.05) is 5.16 Å². The molecule has 0 saturated carbocycles. The van der Waals surface area contributed by atoms with E-state index in [2.05, 4.69) is 20.4 Å². The molecule has 1 aliphatic heterocycles. The zero-order valence-corrected chi connectivity index (χ0v) is 12.4. The van der Waals surface area contributed by atoms with E-state index in [0.29, 0.717) is 17.9 Å². The highest BCUT2D eigenvalue weighted by atomic mass is 16.5. The summed E-state index contributed by atoms with van der Waals surface area (Å²) in [5.74, 6) is 1.42. The predicted octanol–water partition coefficient (Wildman–Crippen LogP) is 1.93. The number of nitrogens with one attached hydrogen (secondary N) is 1. The molecule has 1 saturated heterocycles. The maximum atomic E-state index is 5.40. The summed E-state index contributed by atoms with van der Waals surface area (Å²) in [7, 11) is 3.66. The largest absolute Gasteiger partial charge is 0.497 e. The summed E-state index contributed by atoms with van der Waals surface area (Å²) in [6.45, 7) is 2.07. The number of methoxy groups -OCH3 is 1. The molecular weight excluding hydrogens is 268 g/mol. The summed E-state index contributed by atoms with van der Waals surface area (Å²) in [4.78, 5) is 6.58. The Morgan fingerprint density at radius 2 is 1.95 bits per heavy atom. The van der Waals surface area contributed by atoms with Crippen LogP contribution in [-0.4, -0.2) is 43.4 Å². The Labute approximate surface area is 124 Å². The number of anilines is 1. The number of ether oxygens (including phenoxy) is 1. The second kappa shape index (κ2) is 6.13. The molecule has 0 bridgehead atoms. The van der Waals surface area contributed by atoms with Gasteiger partial charge in [0, 0.05) is 18.7 Å². The summed E-state index contributed by atoms with van der Waals surface area (Å²) in [5, 5.41) is 7.43. The lowest BCUT2D eigenvalue weighted by Crippen LogP contribution is -2.41. The fourth-order valence-corrected chi connectivity index (χ4v) is 2.57. The molecule has 2 aromatic rings. The highest BCUT2D eigenvalue weighted by molar-refractivity contribution is 5.56. The number of piperidine rings is 1. The standard InChI is InChI=1S/C15H20N4O2/c1-19(12-7-9-16-10-8-12)15-17-14(18-21-15)11-3-5-13(20-2)6-4-11/h3-6,12,16H,7-10H2,1-2H3. The molecule has 0 unspecified atom stereocenters. The van der Waals surface area contributed by atoms with Gasteiger partial charge in [0.25, 0.3) is 0 Å². The van der Waals surface area contributed by atoms with Crippen LogP contribution >= 0.6 is 0 Å². The molecule has 0 radical (unpaired) electrons. The third-order valence-corrected chi connectivity index (χ3v) is 3.92. The molecule has 21 heavy (non-hydrogen) atoms. The SMILES string of the molecule is COc1ccc(-c2noc(N(C)C3CCNCC3)n2)cc1. The van der Waals surface area contributed by atoms with Crippen molar-refractivity contribution in [2.75, 3.05) is 32.1 Å². The lowest BCUT2D eigenvalue weighted by molar-refractivity contribution is 0.380. The molecule has 1 aliphatic rings. The highest BCUT2D eigenvalue weighted by Gasteiger charge is 2.22. The molecular formula is C15H20N4O2. The summed E-state index contributed by atoms with van der Waals surface area (Å²) in [6, 6.07) is 8.67. The third-order valence-electron chi connectivity index (χ3n) is 3.92. The van der Waals surface area contributed by atoms with Gasteiger partial charge in [0.1, 0.15) is 5.75 Å². The Morgan fingerprint density at radius 1 is 1.24 bits per heavy atom. The van der Waals surface area contributed by atoms with Crippen molar-refractivity contribution in [2.45, 2.75) is 18.9 Å². The Kier molecular flexibility index (Phi) is 4.06. The van der Waals surface area contributed by atoms with Crippen LogP contribution in [0.5, 0.6) is 5.75 Å². The molecule has 2 heterocycles. The van der Waals surface area contributed by atoms with Gasteiger partial charge in [-0.15, -0.1) is 0 Å². The summed E-state index contributed by atoms with van der Waals surface area (Å²) >= 11 is 0. The van der Waals surface area contributed by atoms with Crippen LogP contribution in [0.2, 0.25) is 0 Å². The predicted molar refractivity (Wildman–Crippen MR) is 80.6 cm³/mol. The first-order valence-corrected chi connectivity index (χ1v) is 7.19. The van der Waals surface area contributed by atoms with Crippen LogP contribution in [0.4, 0.5) is 6.01 Å². The van der Waals surface area contributed by atoms with Crippen molar-refractivity contribution in [1.29, 1.82) is 0 Å². The van der Waals surface area contributed by atoms with E-state index in [1.807, 2.05) is 31.3 Å². The molecule has 6 heteroatoms. The van der Waals surface area contributed by atoms with Gasteiger partial charge in [-0.2, -0.15) is 4.98 Å². The molecule has 3 rings (SSSR count). The molecule has 0 amide bonds. The monoisotopic (exact) mass is 288 g/mol. The van der Waals surface area contributed by atoms with E-state index in [9.17, 15) is 0 Å². The van der Waals surface area contributed by atoms with Gasteiger partial charge in [0.2, 0.25) is 5.82 Å². The maximum Gasteiger partial charge on any atom is 0.324 e. The van der Waals surface area contributed by atoms with Crippen molar-refractivity contribution in [2.24, 2.45) is 0 Å². The smallest absolute Gasteiger partial charge is 0.324 e. The van der Waals surface area contributed by atoms with Crippen molar-refractivity contribution in [3.8, 4) is 17.1 Å². The molecule has 6 nitrogen and oxygen atoms in total. The number of hydrogen-bond donors (Lipinski definition) is 1. The van der Waals surface area contributed by atoms with Gasteiger partial charge >= 0.3 is 6.01 Å². The van der Waals surface area contributed by atoms with Gasteiger partial charge in [0.15, 0.2) is 0 Å². The number of hydrogen-bond acceptors (Lipinski definition) is 6. The average molecular weight is 288 g/mol. The first kappa shape index (κ1) is 13.9. The van der Waals surface area contributed by atoms with E-state index in [1.165, 1.54) is 0 Å². The fraction of sp³-hybridized carbons (Fsp3) is 0.467. The molecule has 1 fully saturated rings. The highest BCUT2D eigenvalue weighted by Crippen LogP contribution is 2.24. The number of rotatable bonds is 4. The van der Waals surface area contributed by atoms with Crippen LogP contribution in [-0.2, 0) is 0 Å². The van der Waals surface area contributed by atoms with Crippen LogP contribution in [0.1, 0.15) is 12.8 Å². The van der Waals surface area contributed by atoms with Gasteiger partial charge < -0.3 is 19.5 Å². The fourth-order valence-electron chi connectivity index (χ4n) is 2.57. The average Bonchev–Trinajstić information content (AvgIpc) is 3.05. The normalized spacial score (nSPS) is 15.9. The Bertz CT molecular complexity index is 576. The number of benzene rings is 1. The molecule has 0 aliphatic carbocycles. The topological polar surface area (TPSA) is 63.4 Å². The van der Waals surface area contributed by atoms with E-state index < -0.39 is 0 Å². The van der Waals surface area contributed by atoms with Crippen molar-refractivity contribution in [1.82, 2.24) is 15.5 Å². The first-order valence-electron chi connectivity index (χ1n) is 7.19. The minimum atomic E-state index is 0.454. The first-order chi connectivity index (χ1) is 10.3. The Hall–Kier alpha value is -2.08. The number of aromatic nitrogens is 2. The van der Waals surface area contributed by atoms with Crippen molar-refractivity contribution >= 4 is 6.01 Å². The van der Waals surface area contributed by atoms with Crippen LogP contribution < -0.4 is 15.0 Å². The van der Waals surface area contributed by atoms with E-state index in [1.54, 1.807) is 7.11 Å². The van der Waals surface area contributed by atoms with Gasteiger partial charge in [0.05, 0.1) is 7.11 Å². The van der Waals surface area contributed by atoms with E-state index >= 15 is 0 Å². The molecule has 112 valence electrons. The minimum Gasteiger partial charge on any atom is -0.497 e. The molecule has 1 aromatic carbocycles. The van der Waals surface area contributed by atoms with Crippen LogP contribution in [0.3, 0.4) is 0 Å². The van der Waals surface area contributed by atoms with Gasteiger partial charge in [-0.25, -0.2) is 0 Å². The quantitative estimate of drug-likeness (QED) is 0.927. The second-order valence-corrected chi connectivity index (χ2v) is 5.22. The lowest BCUT2D eigenvalue weighted by Gasteiger charge is -2.29. The van der Waals surface area contributed by atoms with Crippen LogP contribution in [0, 0.1) is 0 Å². The second-order valence-electron chi connectivity index (χ2n) is 5.22. The van der Waals surface area contributed by atoms with Crippen LogP contribution in [0.25, 0.3) is 11.4 Å². The van der Waals surface area contributed by atoms with Gasteiger partial charge in [-0.05, 0) is 50.2 Å². The molecule has 0 atom stereocenters. The van der Waals surface area contributed by atoms with E-state index in [0.717, 1.165) is 37.2 Å². The molecule has 1 N–H and O–H groups in total. The molecule has 1 aromatic heterocycles. The molecule has 0 spiro atoms. The van der Waals surface area contributed by atoms with E-state index in [-0.39, 0.29) is 0 Å². The van der Waals surface area contributed by atoms with Crippen molar-refractivity contribution < 1.29 is 9.26 Å². The zero-order chi connectivity index (χ0) is 14.7. The maximum absolute atomic E-state index is 5.40. The van der Waals surface area contributed by atoms with Crippen molar-refractivity contribution in [3.05, 3.63) is 24.3 Å². The third kappa shape index (κ3) is 3.00. The lowest BCUT2D eigenvalue weighted by atomic mass is 10.1. The summed E-state index contributed by atoms with van der Waals surface area (Å²) in [6.07, 6.45) is 2.19. The minimum absolute atomic E-state index is 0.454. The zero-order valence-electron chi connectivity index (χ0n) is 12.4. The summed E-state index contributed by atoms with van der Waals surface area (Å²) in [5.41, 5.74) is 0.921.